The molecule has 1 aliphatic rings. The van der Waals surface area contributed by atoms with Crippen LogP contribution in [0.1, 0.15) is 28.8 Å². The molecule has 0 saturated carbocycles. The number of hydrogen-bond donors (Lipinski definition) is 2. The Kier molecular flexibility index (Phi) is 7.76. The lowest BCUT2D eigenvalue weighted by Gasteiger charge is -2.32. The van der Waals surface area contributed by atoms with Gasteiger partial charge in [-0.3, -0.25) is 9.59 Å². The van der Waals surface area contributed by atoms with Crippen LogP contribution in [0.3, 0.4) is 0 Å². The van der Waals surface area contributed by atoms with Crippen molar-refractivity contribution in [2.24, 2.45) is 0 Å². The van der Waals surface area contributed by atoms with Crippen molar-refractivity contribution in [3.05, 3.63) is 78.1 Å². The molecule has 0 spiro atoms. The van der Waals surface area contributed by atoms with Gasteiger partial charge >= 0.3 is 0 Å². The van der Waals surface area contributed by atoms with Crippen LogP contribution >= 0.6 is 0 Å². The molecule has 170 valence electrons. The third-order valence-electron chi connectivity index (χ3n) is 5.28. The summed E-state index contributed by atoms with van der Waals surface area (Å²) < 4.78 is 41.8. The molecule has 1 heterocycles. The van der Waals surface area contributed by atoms with Crippen LogP contribution in [0.25, 0.3) is 0 Å². The molecule has 1 atom stereocenters. The molecule has 2 aromatic rings. The molecule has 1 fully saturated rings. The van der Waals surface area contributed by atoms with E-state index in [4.69, 9.17) is 0 Å². The maximum Gasteiger partial charge on any atom is 0.254 e. The maximum atomic E-state index is 14.6. The lowest BCUT2D eigenvalue weighted by atomic mass is 10.1. The summed E-state index contributed by atoms with van der Waals surface area (Å²) in [7, 11) is -3.97. The minimum Gasteiger partial charge on any atom is -0.352 e. The van der Waals surface area contributed by atoms with Gasteiger partial charge in [-0.15, -0.1) is 0 Å². The fourth-order valence-corrected chi connectivity index (χ4v) is 5.12. The first-order chi connectivity index (χ1) is 15.3. The van der Waals surface area contributed by atoms with Gasteiger partial charge in [-0.05, 0) is 49.1 Å². The molecule has 1 saturated heterocycles. The van der Waals surface area contributed by atoms with Crippen LogP contribution in [0.15, 0.2) is 66.1 Å². The van der Waals surface area contributed by atoms with E-state index in [1.807, 2.05) is 30.3 Å². The van der Waals surface area contributed by atoms with Gasteiger partial charge in [0.2, 0.25) is 15.9 Å². The minimum atomic E-state index is -3.97. The fourth-order valence-electron chi connectivity index (χ4n) is 3.59. The first kappa shape index (κ1) is 23.6. The summed E-state index contributed by atoms with van der Waals surface area (Å²) in [6.07, 6.45) is 2.93. The minimum absolute atomic E-state index is 0.0885. The Balaban J connectivity index is 1.65. The van der Waals surface area contributed by atoms with Crippen molar-refractivity contribution in [2.75, 3.05) is 19.6 Å². The number of nitrogens with one attached hydrogen (secondary N) is 2. The van der Waals surface area contributed by atoms with E-state index in [2.05, 4.69) is 17.2 Å². The van der Waals surface area contributed by atoms with Gasteiger partial charge in [0, 0.05) is 25.7 Å². The highest BCUT2D eigenvalue weighted by molar-refractivity contribution is 7.89. The molecule has 0 unspecified atom stereocenters. The monoisotopic (exact) mass is 459 g/mol. The van der Waals surface area contributed by atoms with Gasteiger partial charge in [0.05, 0.1) is 10.5 Å². The van der Waals surface area contributed by atoms with E-state index in [9.17, 15) is 22.4 Å². The number of carbonyl (C=O) groups excluding carboxylic acids is 2. The van der Waals surface area contributed by atoms with Crippen LogP contribution in [0.5, 0.6) is 0 Å². The highest BCUT2D eigenvalue weighted by Gasteiger charge is 2.31. The second kappa shape index (κ2) is 10.5. The highest BCUT2D eigenvalue weighted by Crippen LogP contribution is 2.23. The van der Waals surface area contributed by atoms with Crippen LogP contribution < -0.4 is 10.6 Å². The highest BCUT2D eigenvalue weighted by atomic mass is 32.2. The SMILES string of the molecule is C=CC(=O)N[C@H]1CCCN(S(=O)(=O)c2ccc(C(=O)NCCc3ccccc3)c(F)c2)C1. The Morgan fingerprint density at radius 2 is 1.94 bits per heavy atom. The van der Waals surface area contributed by atoms with Gasteiger partial charge < -0.3 is 10.6 Å². The Labute approximate surface area is 187 Å². The second-order valence-electron chi connectivity index (χ2n) is 7.55. The molecule has 2 amide bonds. The van der Waals surface area contributed by atoms with Gasteiger partial charge in [-0.25, -0.2) is 12.8 Å². The van der Waals surface area contributed by atoms with E-state index in [-0.39, 0.29) is 35.5 Å². The van der Waals surface area contributed by atoms with Gasteiger partial charge in [-0.2, -0.15) is 4.31 Å². The van der Waals surface area contributed by atoms with Gasteiger partial charge in [0.1, 0.15) is 5.82 Å². The van der Waals surface area contributed by atoms with Crippen molar-refractivity contribution in [3.63, 3.8) is 0 Å². The lowest BCUT2D eigenvalue weighted by molar-refractivity contribution is -0.117. The lowest BCUT2D eigenvalue weighted by Crippen LogP contribution is -2.49. The smallest absolute Gasteiger partial charge is 0.254 e. The molecular formula is C23H26FN3O4S. The van der Waals surface area contributed by atoms with Gasteiger partial charge in [0.15, 0.2) is 0 Å². The molecule has 7 nitrogen and oxygen atoms in total. The van der Waals surface area contributed by atoms with E-state index in [1.54, 1.807) is 0 Å². The average molecular weight is 460 g/mol. The van der Waals surface area contributed by atoms with Crippen LogP contribution in [0.2, 0.25) is 0 Å². The van der Waals surface area contributed by atoms with E-state index < -0.39 is 21.7 Å². The van der Waals surface area contributed by atoms with Crippen molar-refractivity contribution in [2.45, 2.75) is 30.2 Å². The van der Waals surface area contributed by atoms with Crippen molar-refractivity contribution in [1.29, 1.82) is 0 Å². The number of nitrogens with zero attached hydrogens (tertiary/aromatic N) is 1. The molecule has 0 radical (unpaired) electrons. The first-order valence-corrected chi connectivity index (χ1v) is 11.8. The number of sulfonamides is 1. The molecule has 9 heteroatoms. The van der Waals surface area contributed by atoms with E-state index >= 15 is 0 Å². The second-order valence-corrected chi connectivity index (χ2v) is 9.49. The maximum absolute atomic E-state index is 14.6. The zero-order chi connectivity index (χ0) is 23.1. The summed E-state index contributed by atoms with van der Waals surface area (Å²) in [5, 5.41) is 5.35. The molecule has 1 aliphatic heterocycles. The van der Waals surface area contributed by atoms with Crippen molar-refractivity contribution in [1.82, 2.24) is 14.9 Å². The van der Waals surface area contributed by atoms with Crippen molar-refractivity contribution >= 4 is 21.8 Å². The molecule has 2 N–H and O–H groups in total. The summed E-state index contributed by atoms with van der Waals surface area (Å²) in [5.74, 6) is -1.88. The number of carbonyl (C=O) groups is 2. The first-order valence-electron chi connectivity index (χ1n) is 10.4. The van der Waals surface area contributed by atoms with Crippen molar-refractivity contribution < 1.29 is 22.4 Å². The van der Waals surface area contributed by atoms with Crippen LogP contribution in [-0.4, -0.2) is 50.2 Å². The quantitative estimate of drug-likeness (QED) is 0.592. The summed E-state index contributed by atoms with van der Waals surface area (Å²) in [5.41, 5.74) is 0.825. The molecule has 32 heavy (non-hydrogen) atoms. The number of amides is 2. The topological polar surface area (TPSA) is 95.6 Å². The van der Waals surface area contributed by atoms with Gasteiger partial charge in [-0.1, -0.05) is 36.9 Å². The Hall–Kier alpha value is -3.04. The predicted molar refractivity (Wildman–Crippen MR) is 119 cm³/mol. The molecule has 0 bridgehead atoms. The normalized spacial score (nSPS) is 16.8. The third kappa shape index (κ3) is 5.80. The van der Waals surface area contributed by atoms with E-state index in [0.29, 0.717) is 25.8 Å². The Bertz CT molecular complexity index is 1090. The molecule has 0 aliphatic carbocycles. The largest absolute Gasteiger partial charge is 0.352 e. The van der Waals surface area contributed by atoms with E-state index in [0.717, 1.165) is 17.7 Å². The van der Waals surface area contributed by atoms with Gasteiger partial charge in [0.25, 0.3) is 5.91 Å². The average Bonchev–Trinajstić information content (AvgIpc) is 2.79. The molecule has 0 aromatic heterocycles. The molecular weight excluding hydrogens is 433 g/mol. The number of benzene rings is 2. The number of hydrogen-bond acceptors (Lipinski definition) is 4. The summed E-state index contributed by atoms with van der Waals surface area (Å²) >= 11 is 0. The van der Waals surface area contributed by atoms with Crippen LogP contribution in [0, 0.1) is 5.82 Å². The number of rotatable bonds is 8. The summed E-state index contributed by atoms with van der Waals surface area (Å²) in [4.78, 5) is 23.6. The third-order valence-corrected chi connectivity index (χ3v) is 7.14. The van der Waals surface area contributed by atoms with E-state index in [1.165, 1.54) is 16.4 Å². The summed E-state index contributed by atoms with van der Waals surface area (Å²) in [6, 6.07) is 12.5. The fraction of sp³-hybridized carbons (Fsp3) is 0.304. The predicted octanol–water partition coefficient (Wildman–Crippen LogP) is 2.25. The zero-order valence-corrected chi connectivity index (χ0v) is 18.4. The molecule has 2 aromatic carbocycles. The standard InChI is InChI=1S/C23H26FN3O4S/c1-2-22(28)26-18-9-6-14-27(16-18)32(30,31)19-10-11-20(21(24)15-19)23(29)25-13-12-17-7-4-3-5-8-17/h2-5,7-8,10-11,15,18H,1,6,9,12-14,16H2,(H,25,29)(H,26,28)/t18-/m0/s1. The Morgan fingerprint density at radius 3 is 2.62 bits per heavy atom. The zero-order valence-electron chi connectivity index (χ0n) is 17.6. The van der Waals surface area contributed by atoms with Crippen LogP contribution in [-0.2, 0) is 21.2 Å². The molecule has 3 rings (SSSR count). The van der Waals surface area contributed by atoms with Crippen LogP contribution in [0.4, 0.5) is 4.39 Å². The van der Waals surface area contributed by atoms with Crippen molar-refractivity contribution in [3.8, 4) is 0 Å². The summed E-state index contributed by atoms with van der Waals surface area (Å²) in [6.45, 7) is 4.08. The Morgan fingerprint density at radius 1 is 1.19 bits per heavy atom. The number of piperidine rings is 1. The number of halogens is 1.